The van der Waals surface area contributed by atoms with Crippen molar-refractivity contribution in [3.63, 3.8) is 0 Å². The number of aromatic amines is 1. The van der Waals surface area contributed by atoms with Gasteiger partial charge >= 0.3 is 0 Å². The van der Waals surface area contributed by atoms with Crippen LogP contribution in [-0.2, 0) is 0 Å². The monoisotopic (exact) mass is 246 g/mol. The second-order valence-corrected chi connectivity index (χ2v) is 4.34. The lowest BCUT2D eigenvalue weighted by Gasteiger charge is -1.95. The van der Waals surface area contributed by atoms with Crippen LogP contribution < -0.4 is 5.32 Å². The maximum Gasteiger partial charge on any atom is 0.180 e. The molecule has 3 rings (SSSR count). The Kier molecular flexibility index (Phi) is 2.25. The lowest BCUT2D eigenvalue weighted by Crippen LogP contribution is -1.91. The number of aromatic nitrogens is 5. The lowest BCUT2D eigenvalue weighted by molar-refractivity contribution is 1.09. The van der Waals surface area contributed by atoms with E-state index in [0.29, 0.717) is 5.65 Å². The average molecular weight is 246 g/mol. The normalized spacial score (nSPS) is 10.9. The van der Waals surface area contributed by atoms with Crippen molar-refractivity contribution in [3.05, 3.63) is 17.8 Å². The molecule has 0 radical (unpaired) electrons. The average Bonchev–Trinajstić information content (AvgIpc) is 2.93. The SMILES string of the molecule is CNc1ccc2[nH]c(-c3snnc3C)nc2n1. The molecule has 0 amide bonds. The summed E-state index contributed by atoms with van der Waals surface area (Å²) in [4.78, 5) is 13.0. The molecule has 17 heavy (non-hydrogen) atoms. The maximum absolute atomic E-state index is 4.45. The van der Waals surface area contributed by atoms with Gasteiger partial charge in [0, 0.05) is 7.05 Å². The first-order valence-corrected chi connectivity index (χ1v) is 5.89. The third-order valence-corrected chi connectivity index (χ3v) is 3.30. The van der Waals surface area contributed by atoms with E-state index in [1.165, 1.54) is 11.5 Å². The predicted molar refractivity (Wildman–Crippen MR) is 67.1 cm³/mol. The van der Waals surface area contributed by atoms with Crippen LogP contribution in [0.2, 0.25) is 0 Å². The zero-order chi connectivity index (χ0) is 11.8. The first-order chi connectivity index (χ1) is 8.28. The number of imidazole rings is 1. The highest BCUT2D eigenvalue weighted by Gasteiger charge is 2.12. The molecule has 3 heterocycles. The van der Waals surface area contributed by atoms with Crippen molar-refractivity contribution in [1.82, 2.24) is 24.5 Å². The molecule has 0 aliphatic rings. The molecular formula is C10H10N6S. The first kappa shape index (κ1) is 10.2. The van der Waals surface area contributed by atoms with Crippen molar-refractivity contribution in [2.45, 2.75) is 6.92 Å². The summed E-state index contributed by atoms with van der Waals surface area (Å²) in [6, 6.07) is 3.86. The van der Waals surface area contributed by atoms with E-state index in [0.717, 1.165) is 27.7 Å². The minimum Gasteiger partial charge on any atom is -0.373 e. The van der Waals surface area contributed by atoms with Gasteiger partial charge in [0.25, 0.3) is 0 Å². The van der Waals surface area contributed by atoms with E-state index in [9.17, 15) is 0 Å². The molecule has 6 nitrogen and oxygen atoms in total. The van der Waals surface area contributed by atoms with Gasteiger partial charge in [0.05, 0.1) is 11.2 Å². The molecule has 0 aromatic carbocycles. The van der Waals surface area contributed by atoms with Gasteiger partial charge < -0.3 is 10.3 Å². The third kappa shape index (κ3) is 1.64. The smallest absolute Gasteiger partial charge is 0.180 e. The number of hydrogen-bond donors (Lipinski definition) is 2. The van der Waals surface area contributed by atoms with E-state index < -0.39 is 0 Å². The quantitative estimate of drug-likeness (QED) is 0.721. The van der Waals surface area contributed by atoms with Crippen molar-refractivity contribution in [2.75, 3.05) is 12.4 Å². The van der Waals surface area contributed by atoms with Crippen LogP contribution in [0.1, 0.15) is 5.69 Å². The zero-order valence-electron chi connectivity index (χ0n) is 9.35. The fourth-order valence-corrected chi connectivity index (χ4v) is 2.19. The van der Waals surface area contributed by atoms with Crippen molar-refractivity contribution < 1.29 is 0 Å². The fraction of sp³-hybridized carbons (Fsp3) is 0.200. The molecule has 0 aliphatic carbocycles. The molecule has 0 bridgehead atoms. The Morgan fingerprint density at radius 1 is 1.29 bits per heavy atom. The molecule has 0 fully saturated rings. The van der Waals surface area contributed by atoms with E-state index in [2.05, 4.69) is 29.9 Å². The second-order valence-electron chi connectivity index (χ2n) is 3.59. The third-order valence-electron chi connectivity index (χ3n) is 2.47. The van der Waals surface area contributed by atoms with Gasteiger partial charge in [-0.1, -0.05) is 4.49 Å². The van der Waals surface area contributed by atoms with E-state index in [4.69, 9.17) is 0 Å². The summed E-state index contributed by atoms with van der Waals surface area (Å²) in [6.45, 7) is 1.92. The number of H-pyrrole nitrogens is 1. The summed E-state index contributed by atoms with van der Waals surface area (Å²) in [5, 5.41) is 6.96. The highest BCUT2D eigenvalue weighted by Crippen LogP contribution is 2.25. The number of fused-ring (bicyclic) bond motifs is 1. The van der Waals surface area contributed by atoms with Gasteiger partial charge in [0.2, 0.25) is 0 Å². The van der Waals surface area contributed by atoms with E-state index in [1.807, 2.05) is 26.1 Å². The minimum absolute atomic E-state index is 0.694. The first-order valence-electron chi connectivity index (χ1n) is 5.12. The molecular weight excluding hydrogens is 236 g/mol. The molecule has 2 N–H and O–H groups in total. The largest absolute Gasteiger partial charge is 0.373 e. The highest BCUT2D eigenvalue weighted by atomic mass is 32.1. The summed E-state index contributed by atoms with van der Waals surface area (Å²) >= 11 is 1.33. The number of nitrogens with one attached hydrogen (secondary N) is 2. The summed E-state index contributed by atoms with van der Waals surface area (Å²) in [6.07, 6.45) is 0. The van der Waals surface area contributed by atoms with E-state index in [1.54, 1.807) is 0 Å². The second kappa shape index (κ2) is 3.77. The standard InChI is InChI=1S/C10H10N6S/c1-5-8(17-16-15-5)10-12-6-3-4-7(11-2)13-9(6)14-10/h3-4H,1-2H3,(H2,11,12,13,14). The number of pyridine rings is 1. The maximum atomic E-state index is 4.45. The number of aryl methyl sites for hydroxylation is 1. The van der Waals surface area contributed by atoms with Crippen LogP contribution >= 0.6 is 11.5 Å². The van der Waals surface area contributed by atoms with Gasteiger partial charge in [0.1, 0.15) is 10.7 Å². The Morgan fingerprint density at radius 3 is 2.88 bits per heavy atom. The van der Waals surface area contributed by atoms with Crippen molar-refractivity contribution in [2.24, 2.45) is 0 Å². The van der Waals surface area contributed by atoms with Gasteiger partial charge in [0.15, 0.2) is 11.5 Å². The van der Waals surface area contributed by atoms with E-state index in [-0.39, 0.29) is 0 Å². The van der Waals surface area contributed by atoms with Gasteiger partial charge in [-0.05, 0) is 30.6 Å². The van der Waals surface area contributed by atoms with Crippen LogP contribution in [0, 0.1) is 6.92 Å². The minimum atomic E-state index is 0.694. The van der Waals surface area contributed by atoms with Gasteiger partial charge in [-0.2, -0.15) is 0 Å². The fourth-order valence-electron chi connectivity index (χ4n) is 1.59. The number of hydrogen-bond acceptors (Lipinski definition) is 6. The molecule has 86 valence electrons. The summed E-state index contributed by atoms with van der Waals surface area (Å²) in [5.74, 6) is 1.57. The van der Waals surface area contributed by atoms with Crippen molar-refractivity contribution in [3.8, 4) is 10.7 Å². The molecule has 0 saturated carbocycles. The predicted octanol–water partition coefficient (Wildman–Crippen LogP) is 1.83. The molecule has 7 heteroatoms. The molecule has 0 atom stereocenters. The van der Waals surface area contributed by atoms with Crippen LogP contribution in [0.4, 0.5) is 5.82 Å². The summed E-state index contributed by atoms with van der Waals surface area (Å²) in [5.41, 5.74) is 2.48. The van der Waals surface area contributed by atoms with Crippen molar-refractivity contribution >= 4 is 28.5 Å². The van der Waals surface area contributed by atoms with Gasteiger partial charge in [-0.25, -0.2) is 9.97 Å². The van der Waals surface area contributed by atoms with Crippen LogP contribution in [-0.4, -0.2) is 31.6 Å². The number of rotatable bonds is 2. The Balaban J connectivity index is 2.17. The molecule has 3 aromatic heterocycles. The van der Waals surface area contributed by atoms with Crippen LogP contribution in [0.5, 0.6) is 0 Å². The highest BCUT2D eigenvalue weighted by molar-refractivity contribution is 7.09. The topological polar surface area (TPSA) is 79.4 Å². The zero-order valence-corrected chi connectivity index (χ0v) is 10.2. The lowest BCUT2D eigenvalue weighted by atomic mass is 10.4. The number of anilines is 1. The van der Waals surface area contributed by atoms with Crippen LogP contribution in [0.3, 0.4) is 0 Å². The number of nitrogens with zero attached hydrogens (tertiary/aromatic N) is 4. The molecule has 0 spiro atoms. The summed E-state index contributed by atoms with van der Waals surface area (Å²) in [7, 11) is 1.83. The van der Waals surface area contributed by atoms with Crippen LogP contribution in [0.25, 0.3) is 21.9 Å². The molecule has 0 saturated heterocycles. The molecule has 3 aromatic rings. The molecule has 0 aliphatic heterocycles. The van der Waals surface area contributed by atoms with Crippen molar-refractivity contribution in [1.29, 1.82) is 0 Å². The molecule has 0 unspecified atom stereocenters. The van der Waals surface area contributed by atoms with Gasteiger partial charge in [-0.15, -0.1) is 5.10 Å². The Labute approximate surface area is 101 Å². The Bertz CT molecular complexity index is 670. The van der Waals surface area contributed by atoms with Crippen LogP contribution in [0.15, 0.2) is 12.1 Å². The van der Waals surface area contributed by atoms with E-state index >= 15 is 0 Å². The summed E-state index contributed by atoms with van der Waals surface area (Å²) < 4.78 is 3.90. The van der Waals surface area contributed by atoms with Gasteiger partial charge in [-0.3, -0.25) is 0 Å². The Hall–Kier alpha value is -2.02. The Morgan fingerprint density at radius 2 is 2.18 bits per heavy atom.